The van der Waals surface area contributed by atoms with Gasteiger partial charge in [-0.1, -0.05) is 55.6 Å². The van der Waals surface area contributed by atoms with Crippen molar-refractivity contribution in [2.24, 2.45) is 0 Å². The van der Waals surface area contributed by atoms with E-state index in [1.54, 1.807) is 7.11 Å². The number of hydrogen-bond acceptors (Lipinski definition) is 3. The molecule has 1 unspecified atom stereocenters. The predicted octanol–water partition coefficient (Wildman–Crippen LogP) is 4.22. The molecule has 140 valence electrons. The molecule has 0 saturated heterocycles. The summed E-state index contributed by atoms with van der Waals surface area (Å²) in [7, 11) is 0.206. The van der Waals surface area contributed by atoms with Crippen molar-refractivity contribution < 1.29 is 9.84 Å². The molecular weight excluding hydrogens is 380 g/mol. The third-order valence-corrected chi connectivity index (χ3v) is 5.27. The lowest BCUT2D eigenvalue weighted by Crippen LogP contribution is -2.16. The van der Waals surface area contributed by atoms with Gasteiger partial charge in [0.2, 0.25) is 0 Å². The van der Waals surface area contributed by atoms with Crippen LogP contribution in [0, 0.1) is 47.0 Å². The van der Waals surface area contributed by atoms with Crippen LogP contribution in [0.25, 0.3) is 0 Å². The lowest BCUT2D eigenvalue weighted by atomic mass is 10.1. The van der Waals surface area contributed by atoms with Crippen LogP contribution in [0.3, 0.4) is 0 Å². The minimum Gasteiger partial charge on any atom is -0.380 e. The lowest BCUT2D eigenvalue weighted by Gasteiger charge is -2.02. The summed E-state index contributed by atoms with van der Waals surface area (Å²) in [5, 5.41) is 12.2. The van der Waals surface area contributed by atoms with Gasteiger partial charge in [0.15, 0.2) is 6.10 Å². The van der Waals surface area contributed by atoms with E-state index < -0.39 is 14.2 Å². The van der Waals surface area contributed by atoms with Gasteiger partial charge in [0.25, 0.3) is 0 Å². The molecule has 0 aliphatic heterocycles. The maximum atomic E-state index is 10.3. The van der Waals surface area contributed by atoms with Crippen LogP contribution in [-0.4, -0.2) is 20.3 Å². The zero-order valence-electron chi connectivity index (χ0n) is 16.5. The van der Waals surface area contributed by atoms with Gasteiger partial charge in [0, 0.05) is 18.2 Å². The molecule has 0 amide bonds. The highest BCUT2D eigenvalue weighted by atomic mass is 32.1. The predicted molar refractivity (Wildman–Crippen MR) is 119 cm³/mol. The average molecular weight is 403 g/mol. The fourth-order valence-electron chi connectivity index (χ4n) is 2.15. The molecule has 0 radical (unpaired) electrons. The highest BCUT2D eigenvalue weighted by Crippen LogP contribution is 2.23. The highest BCUT2D eigenvalue weighted by Gasteiger charge is 2.10. The van der Waals surface area contributed by atoms with Crippen molar-refractivity contribution in [1.82, 2.24) is 0 Å². The summed E-state index contributed by atoms with van der Waals surface area (Å²) in [4.78, 5) is 0.719. The second-order valence-corrected chi connectivity index (χ2v) is 12.7. The zero-order valence-corrected chi connectivity index (χ0v) is 18.3. The van der Waals surface area contributed by atoms with Crippen LogP contribution in [-0.2, 0) is 11.3 Å². The number of benzene rings is 1. The van der Waals surface area contributed by atoms with Crippen LogP contribution in [0.1, 0.15) is 27.7 Å². The van der Waals surface area contributed by atoms with E-state index in [1.807, 2.05) is 35.7 Å². The molecule has 0 aliphatic rings. The quantitative estimate of drug-likeness (QED) is 0.615. The number of aliphatic hydroxyl groups is 1. The van der Waals surface area contributed by atoms with Gasteiger partial charge in [-0.15, -0.1) is 16.9 Å². The third kappa shape index (κ3) is 7.13. The molecule has 1 atom stereocenters. The number of hydrogen-bond donors (Lipinski definition) is 1. The van der Waals surface area contributed by atoms with Gasteiger partial charge in [-0.3, -0.25) is 0 Å². The van der Waals surface area contributed by atoms with Crippen molar-refractivity contribution in [1.29, 1.82) is 0 Å². The molecule has 0 bridgehead atoms. The number of aliphatic hydroxyl groups excluding tert-OH is 1. The largest absolute Gasteiger partial charge is 0.380 e. The van der Waals surface area contributed by atoms with Gasteiger partial charge in [0.1, 0.15) is 8.07 Å². The lowest BCUT2D eigenvalue weighted by molar-refractivity contribution is 0.184. The molecule has 0 fully saturated rings. The maximum Gasteiger partial charge on any atom is 0.151 e. The van der Waals surface area contributed by atoms with E-state index in [9.17, 15) is 5.11 Å². The molecule has 2 nitrogen and oxygen atoms in total. The Labute approximate surface area is 173 Å². The van der Waals surface area contributed by atoms with Gasteiger partial charge in [-0.2, -0.15) is 0 Å². The van der Waals surface area contributed by atoms with Crippen molar-refractivity contribution in [3.63, 3.8) is 0 Å². The fraction of sp³-hybridized carbons (Fsp3) is 0.250. The number of rotatable bonds is 3. The Morgan fingerprint density at radius 2 is 1.71 bits per heavy atom. The summed E-state index contributed by atoms with van der Waals surface area (Å²) in [5.41, 5.74) is 5.83. The van der Waals surface area contributed by atoms with E-state index in [0.717, 1.165) is 21.6 Å². The Kier molecular flexibility index (Phi) is 8.16. The third-order valence-electron chi connectivity index (χ3n) is 3.43. The minimum absolute atomic E-state index is 0.512. The molecular formula is C24H22O2SSi. The van der Waals surface area contributed by atoms with Crippen LogP contribution >= 0.6 is 11.3 Å². The van der Waals surface area contributed by atoms with Crippen LogP contribution in [0.4, 0.5) is 0 Å². The molecule has 2 rings (SSSR count). The Morgan fingerprint density at radius 1 is 1.00 bits per heavy atom. The van der Waals surface area contributed by atoms with E-state index >= 15 is 0 Å². The Balaban J connectivity index is 2.15. The molecule has 1 aromatic carbocycles. The van der Waals surface area contributed by atoms with Crippen molar-refractivity contribution in [3.05, 3.63) is 57.3 Å². The first-order valence-corrected chi connectivity index (χ1v) is 13.2. The Bertz CT molecular complexity index is 1060. The van der Waals surface area contributed by atoms with E-state index in [2.05, 4.69) is 66.6 Å². The van der Waals surface area contributed by atoms with Gasteiger partial charge in [-0.25, -0.2) is 0 Å². The van der Waals surface area contributed by atoms with Crippen molar-refractivity contribution >= 4 is 19.4 Å². The first-order valence-electron chi connectivity index (χ1n) is 8.78. The first-order chi connectivity index (χ1) is 13.4. The summed E-state index contributed by atoms with van der Waals surface area (Å²) < 4.78 is 5.18. The van der Waals surface area contributed by atoms with E-state index in [-0.39, 0.29) is 0 Å². The van der Waals surface area contributed by atoms with E-state index in [0.29, 0.717) is 6.61 Å². The van der Waals surface area contributed by atoms with Gasteiger partial charge < -0.3 is 9.84 Å². The molecule has 1 aromatic heterocycles. The molecule has 0 saturated carbocycles. The zero-order chi connectivity index (χ0) is 20.4. The standard InChI is InChI=1S/C24H22O2SSi/c1-26-19-22-14-8-6-12-20(22)11-5-7-13-21-16-17-27-24(21)23(25)15-9-10-18-28(2,3)4/h6,8,12,14,16-17,23,25H,19H2,1-4H3. The van der Waals surface area contributed by atoms with Crippen LogP contribution in [0.2, 0.25) is 19.6 Å². The second-order valence-electron chi connectivity index (χ2n) is 6.96. The van der Waals surface area contributed by atoms with Crippen LogP contribution < -0.4 is 0 Å². The molecule has 2 aromatic rings. The average Bonchev–Trinajstić information content (AvgIpc) is 3.11. The van der Waals surface area contributed by atoms with Crippen LogP contribution in [0.5, 0.6) is 0 Å². The van der Waals surface area contributed by atoms with Crippen molar-refractivity contribution in [3.8, 4) is 47.0 Å². The molecule has 1 heterocycles. The fourth-order valence-corrected chi connectivity index (χ4v) is 3.37. The topological polar surface area (TPSA) is 29.5 Å². The highest BCUT2D eigenvalue weighted by molar-refractivity contribution is 7.10. The molecule has 0 aliphatic carbocycles. The van der Waals surface area contributed by atoms with Gasteiger partial charge in [-0.05, 0) is 46.8 Å². The Hall–Kier alpha value is -2.70. The van der Waals surface area contributed by atoms with Crippen molar-refractivity contribution in [2.75, 3.05) is 7.11 Å². The normalized spacial score (nSPS) is 10.8. The molecule has 4 heteroatoms. The summed E-state index contributed by atoms with van der Waals surface area (Å²) >= 11 is 1.43. The van der Waals surface area contributed by atoms with Crippen LogP contribution in [0.15, 0.2) is 35.7 Å². The van der Waals surface area contributed by atoms with Gasteiger partial charge in [0.05, 0.1) is 11.5 Å². The summed E-state index contributed by atoms with van der Waals surface area (Å²) in [5.74, 6) is 20.2. The minimum atomic E-state index is -1.45. The summed E-state index contributed by atoms with van der Waals surface area (Å²) in [6.07, 6.45) is -0.893. The summed E-state index contributed by atoms with van der Waals surface area (Å²) in [6.45, 7) is 6.97. The first kappa shape index (κ1) is 21.6. The monoisotopic (exact) mass is 402 g/mol. The molecule has 28 heavy (non-hydrogen) atoms. The SMILES string of the molecule is COCc1ccccc1C#CC#Cc1ccsc1C(O)C#CC#C[Si](C)(C)C. The van der Waals surface area contributed by atoms with Gasteiger partial charge >= 0.3 is 0 Å². The molecule has 0 spiro atoms. The smallest absolute Gasteiger partial charge is 0.151 e. The van der Waals surface area contributed by atoms with E-state index in [4.69, 9.17) is 4.74 Å². The number of ether oxygens (including phenoxy) is 1. The number of methoxy groups -OCH3 is 1. The molecule has 1 N–H and O–H groups in total. The number of thiophene rings is 1. The second kappa shape index (κ2) is 10.6. The van der Waals surface area contributed by atoms with E-state index in [1.165, 1.54) is 11.3 Å². The Morgan fingerprint density at radius 3 is 2.43 bits per heavy atom. The maximum absolute atomic E-state index is 10.3. The summed E-state index contributed by atoms with van der Waals surface area (Å²) in [6, 6.07) is 9.69. The van der Waals surface area contributed by atoms with Crippen molar-refractivity contribution in [2.45, 2.75) is 32.4 Å².